The van der Waals surface area contributed by atoms with Crippen molar-refractivity contribution in [1.29, 1.82) is 0 Å². The van der Waals surface area contributed by atoms with Gasteiger partial charge in [-0.15, -0.1) is 0 Å². The van der Waals surface area contributed by atoms with Gasteiger partial charge in [-0.2, -0.15) is 0 Å². The molecule has 1 aliphatic rings. The summed E-state index contributed by atoms with van der Waals surface area (Å²) in [6.45, 7) is 5.41. The maximum Gasteiger partial charge on any atom is 0.127 e. The fourth-order valence-corrected chi connectivity index (χ4v) is 2.33. The van der Waals surface area contributed by atoms with Crippen molar-refractivity contribution >= 4 is 11.5 Å². The average Bonchev–Trinajstić information content (AvgIpc) is 2.32. The van der Waals surface area contributed by atoms with E-state index in [0.29, 0.717) is 5.54 Å². The van der Waals surface area contributed by atoms with Gasteiger partial charge in [0.1, 0.15) is 5.82 Å². The molecule has 0 amide bonds. The van der Waals surface area contributed by atoms with Crippen LogP contribution in [0, 0.1) is 0 Å². The quantitative estimate of drug-likeness (QED) is 0.787. The second-order valence-corrected chi connectivity index (χ2v) is 4.97. The van der Waals surface area contributed by atoms with Gasteiger partial charge in [-0.1, -0.05) is 13.8 Å². The number of rotatable bonds is 6. The highest BCUT2D eigenvalue weighted by molar-refractivity contribution is 5.53. The third kappa shape index (κ3) is 2.90. The van der Waals surface area contributed by atoms with E-state index < -0.39 is 0 Å². The first kappa shape index (κ1) is 12.2. The molecule has 0 atom stereocenters. The van der Waals surface area contributed by atoms with Gasteiger partial charge in [0.25, 0.3) is 0 Å². The van der Waals surface area contributed by atoms with E-state index in [1.165, 1.54) is 31.4 Å². The molecule has 1 aliphatic carbocycles. The highest BCUT2D eigenvalue weighted by Crippen LogP contribution is 2.38. The van der Waals surface area contributed by atoms with Crippen LogP contribution >= 0.6 is 0 Å². The number of pyridine rings is 1. The Morgan fingerprint density at radius 1 is 1.35 bits per heavy atom. The number of hydrogen-bond donors (Lipinski definition) is 2. The van der Waals surface area contributed by atoms with Gasteiger partial charge in [0.05, 0.1) is 0 Å². The van der Waals surface area contributed by atoms with Gasteiger partial charge in [0.2, 0.25) is 0 Å². The largest absolute Gasteiger partial charge is 0.379 e. The van der Waals surface area contributed by atoms with Crippen LogP contribution in [-0.4, -0.2) is 17.1 Å². The predicted molar refractivity (Wildman–Crippen MR) is 73.5 cm³/mol. The Kier molecular flexibility index (Phi) is 3.87. The molecule has 94 valence electrons. The minimum absolute atomic E-state index is 0.351. The standard InChI is InChI=1S/C14H23N3/c1-3-9-15-13-11-12(6-10-16-13)17-14(4-2)7-5-8-14/h6,10-11H,3-5,7-9H2,1-2H3,(H2,15,16,17). The van der Waals surface area contributed by atoms with E-state index in [0.717, 1.165) is 18.8 Å². The Hall–Kier alpha value is -1.25. The normalized spacial score (nSPS) is 17.3. The summed E-state index contributed by atoms with van der Waals surface area (Å²) in [5.41, 5.74) is 1.55. The van der Waals surface area contributed by atoms with Gasteiger partial charge < -0.3 is 10.6 Å². The molecule has 2 N–H and O–H groups in total. The molecule has 0 unspecified atom stereocenters. The summed E-state index contributed by atoms with van der Waals surface area (Å²) in [6.07, 6.45) is 8.15. The van der Waals surface area contributed by atoms with E-state index in [1.54, 1.807) is 0 Å². The molecular formula is C14H23N3. The van der Waals surface area contributed by atoms with Gasteiger partial charge in [-0.3, -0.25) is 0 Å². The SMILES string of the molecule is CCCNc1cc(NC2(CC)CCC2)ccn1. The molecule has 1 fully saturated rings. The zero-order valence-corrected chi connectivity index (χ0v) is 10.9. The lowest BCUT2D eigenvalue weighted by Crippen LogP contribution is -2.44. The maximum atomic E-state index is 4.33. The van der Waals surface area contributed by atoms with Crippen LogP contribution in [0.4, 0.5) is 11.5 Å². The molecule has 0 radical (unpaired) electrons. The second-order valence-electron chi connectivity index (χ2n) is 4.97. The van der Waals surface area contributed by atoms with Gasteiger partial charge in [-0.25, -0.2) is 4.98 Å². The van der Waals surface area contributed by atoms with Crippen molar-refractivity contribution in [3.63, 3.8) is 0 Å². The Labute approximate surface area is 104 Å². The fourth-order valence-electron chi connectivity index (χ4n) is 2.33. The minimum Gasteiger partial charge on any atom is -0.379 e. The zero-order valence-electron chi connectivity index (χ0n) is 10.9. The van der Waals surface area contributed by atoms with Crippen LogP contribution < -0.4 is 10.6 Å². The fraction of sp³-hybridized carbons (Fsp3) is 0.643. The monoisotopic (exact) mass is 233 g/mol. The number of nitrogens with one attached hydrogen (secondary N) is 2. The molecule has 0 bridgehead atoms. The average molecular weight is 233 g/mol. The zero-order chi connectivity index (χ0) is 12.1. The first-order chi connectivity index (χ1) is 8.28. The summed E-state index contributed by atoms with van der Waals surface area (Å²) in [6, 6.07) is 4.18. The van der Waals surface area contributed by atoms with Crippen LogP contribution in [0.25, 0.3) is 0 Å². The molecule has 0 spiro atoms. The number of nitrogens with zero attached hydrogens (tertiary/aromatic N) is 1. The molecular weight excluding hydrogens is 210 g/mol. The van der Waals surface area contributed by atoms with Crippen molar-refractivity contribution in [2.45, 2.75) is 51.5 Å². The first-order valence-electron chi connectivity index (χ1n) is 6.76. The first-order valence-corrected chi connectivity index (χ1v) is 6.76. The summed E-state index contributed by atoms with van der Waals surface area (Å²) in [5.74, 6) is 0.974. The third-order valence-electron chi connectivity index (χ3n) is 3.71. The molecule has 0 aliphatic heterocycles. The highest BCUT2D eigenvalue weighted by Gasteiger charge is 2.34. The van der Waals surface area contributed by atoms with Crippen molar-refractivity contribution in [3.8, 4) is 0 Å². The van der Waals surface area contributed by atoms with Gasteiger partial charge in [0, 0.05) is 30.0 Å². The third-order valence-corrected chi connectivity index (χ3v) is 3.71. The molecule has 1 aromatic rings. The lowest BCUT2D eigenvalue weighted by atomic mass is 9.75. The lowest BCUT2D eigenvalue weighted by Gasteiger charge is -2.43. The second kappa shape index (κ2) is 5.39. The van der Waals surface area contributed by atoms with Crippen molar-refractivity contribution in [2.24, 2.45) is 0 Å². The lowest BCUT2D eigenvalue weighted by molar-refractivity contribution is 0.269. The van der Waals surface area contributed by atoms with Gasteiger partial charge >= 0.3 is 0 Å². The Morgan fingerprint density at radius 3 is 2.76 bits per heavy atom. The topological polar surface area (TPSA) is 37.0 Å². The van der Waals surface area contributed by atoms with Crippen molar-refractivity contribution < 1.29 is 0 Å². The molecule has 1 heterocycles. The molecule has 0 aromatic carbocycles. The van der Waals surface area contributed by atoms with Crippen molar-refractivity contribution in [3.05, 3.63) is 18.3 Å². The van der Waals surface area contributed by atoms with E-state index in [4.69, 9.17) is 0 Å². The predicted octanol–water partition coefficient (Wildman–Crippen LogP) is 3.65. The van der Waals surface area contributed by atoms with E-state index in [9.17, 15) is 0 Å². The minimum atomic E-state index is 0.351. The highest BCUT2D eigenvalue weighted by atomic mass is 15.0. The maximum absolute atomic E-state index is 4.33. The number of anilines is 2. The van der Waals surface area contributed by atoms with Crippen LogP contribution in [0.1, 0.15) is 46.0 Å². The molecule has 1 aromatic heterocycles. The molecule has 0 saturated heterocycles. The Balaban J connectivity index is 2.00. The smallest absolute Gasteiger partial charge is 0.127 e. The molecule has 3 heteroatoms. The number of hydrogen-bond acceptors (Lipinski definition) is 3. The van der Waals surface area contributed by atoms with Crippen molar-refractivity contribution in [2.75, 3.05) is 17.2 Å². The van der Waals surface area contributed by atoms with Crippen LogP contribution in [-0.2, 0) is 0 Å². The van der Waals surface area contributed by atoms with E-state index in [2.05, 4.69) is 41.6 Å². The molecule has 1 saturated carbocycles. The summed E-state index contributed by atoms with van der Waals surface area (Å²) in [4.78, 5) is 4.33. The van der Waals surface area contributed by atoms with Gasteiger partial charge in [0.15, 0.2) is 0 Å². The van der Waals surface area contributed by atoms with E-state index >= 15 is 0 Å². The molecule has 17 heavy (non-hydrogen) atoms. The van der Waals surface area contributed by atoms with E-state index in [-0.39, 0.29) is 0 Å². The van der Waals surface area contributed by atoms with Crippen LogP contribution in [0.2, 0.25) is 0 Å². The Morgan fingerprint density at radius 2 is 2.18 bits per heavy atom. The summed E-state index contributed by atoms with van der Waals surface area (Å²) in [7, 11) is 0. The van der Waals surface area contributed by atoms with E-state index in [1.807, 2.05) is 6.20 Å². The van der Waals surface area contributed by atoms with Crippen molar-refractivity contribution in [1.82, 2.24) is 4.98 Å². The Bertz CT molecular complexity index is 353. The van der Waals surface area contributed by atoms with Crippen LogP contribution in [0.3, 0.4) is 0 Å². The summed E-state index contributed by atoms with van der Waals surface area (Å²) in [5, 5.41) is 7.00. The molecule has 3 nitrogen and oxygen atoms in total. The summed E-state index contributed by atoms with van der Waals surface area (Å²) < 4.78 is 0. The van der Waals surface area contributed by atoms with Crippen LogP contribution in [0.15, 0.2) is 18.3 Å². The number of aromatic nitrogens is 1. The summed E-state index contributed by atoms with van der Waals surface area (Å²) >= 11 is 0. The molecule has 2 rings (SSSR count). The van der Waals surface area contributed by atoms with Crippen LogP contribution in [0.5, 0.6) is 0 Å². The van der Waals surface area contributed by atoms with Gasteiger partial charge in [-0.05, 0) is 38.2 Å².